The zero-order valence-electron chi connectivity index (χ0n) is 22.2. The van der Waals surface area contributed by atoms with Crippen LogP contribution in [0.3, 0.4) is 0 Å². The van der Waals surface area contributed by atoms with Crippen LogP contribution in [0, 0.1) is 24.1 Å². The summed E-state index contributed by atoms with van der Waals surface area (Å²) in [5.74, 6) is 0.908. The van der Waals surface area contributed by atoms with Gasteiger partial charge in [0.25, 0.3) is 5.91 Å². The number of pyridine rings is 2. The Morgan fingerprint density at radius 2 is 2.13 bits per heavy atom. The lowest BCUT2D eigenvalue weighted by Crippen LogP contribution is -2.70. The SMILES string of the molecule is COC1(C(=O)N[C@@H](C)c2ccc(-n3cc(F)cn3)nc2)CN(c2nc(NC3CC(C)NN3)cc(C)c2C#N)C1. The van der Waals surface area contributed by atoms with Crippen molar-refractivity contribution in [1.82, 2.24) is 35.9 Å². The molecule has 2 fully saturated rings. The van der Waals surface area contributed by atoms with E-state index in [0.29, 0.717) is 29.1 Å². The first-order valence-electron chi connectivity index (χ1n) is 12.7. The molecular weight excluding hydrogens is 503 g/mol. The Kier molecular flexibility index (Phi) is 7.17. The Balaban J connectivity index is 1.26. The summed E-state index contributed by atoms with van der Waals surface area (Å²) in [7, 11) is 1.50. The highest BCUT2D eigenvalue weighted by atomic mass is 19.1. The van der Waals surface area contributed by atoms with Gasteiger partial charge in [0, 0.05) is 19.3 Å². The zero-order valence-corrected chi connectivity index (χ0v) is 22.2. The smallest absolute Gasteiger partial charge is 0.256 e. The van der Waals surface area contributed by atoms with Gasteiger partial charge >= 0.3 is 0 Å². The van der Waals surface area contributed by atoms with Crippen LogP contribution in [0.1, 0.15) is 43.0 Å². The largest absolute Gasteiger partial charge is 0.365 e. The van der Waals surface area contributed by atoms with Crippen LogP contribution in [-0.2, 0) is 9.53 Å². The van der Waals surface area contributed by atoms with Gasteiger partial charge in [-0.3, -0.25) is 10.2 Å². The number of hydrogen-bond acceptors (Lipinski definition) is 10. The highest BCUT2D eigenvalue weighted by Gasteiger charge is 2.51. The van der Waals surface area contributed by atoms with E-state index in [0.717, 1.165) is 23.7 Å². The van der Waals surface area contributed by atoms with Crippen molar-refractivity contribution in [3.63, 3.8) is 0 Å². The number of nitrogens with zero attached hydrogens (tertiary/aromatic N) is 6. The summed E-state index contributed by atoms with van der Waals surface area (Å²) < 4.78 is 20.3. The van der Waals surface area contributed by atoms with Crippen LogP contribution in [0.4, 0.5) is 16.0 Å². The van der Waals surface area contributed by atoms with Gasteiger partial charge in [-0.05, 0) is 50.5 Å². The van der Waals surface area contributed by atoms with Gasteiger partial charge in [-0.25, -0.2) is 24.5 Å². The highest BCUT2D eigenvalue weighted by Crippen LogP contribution is 2.34. The van der Waals surface area contributed by atoms with Gasteiger partial charge in [0.2, 0.25) is 0 Å². The maximum Gasteiger partial charge on any atom is 0.256 e. The maximum atomic E-state index is 13.3. The number of rotatable bonds is 8. The standard InChI is InChI=1S/C26H31FN10O2/c1-15-7-21(32-22-8-16(2)34-35-22)33-24(20(15)9-28)36-13-26(14-36,39-4)25(38)31-17(3)18-5-6-23(29-10-18)37-12-19(27)11-30-37/h5-7,10-12,16-17,22,34-35H,8,13-14H2,1-4H3,(H,31,38)(H,32,33)/t16?,17-,22?/m0/s1. The molecule has 0 aromatic carbocycles. The van der Waals surface area contributed by atoms with Crippen LogP contribution in [-0.4, -0.2) is 63.7 Å². The summed E-state index contributed by atoms with van der Waals surface area (Å²) in [5.41, 5.74) is 7.30. The van der Waals surface area contributed by atoms with Crippen molar-refractivity contribution in [2.45, 2.75) is 51.0 Å². The van der Waals surface area contributed by atoms with E-state index in [1.807, 2.05) is 24.8 Å². The number of amides is 1. The minimum absolute atomic E-state index is 0.0127. The third kappa shape index (κ3) is 5.26. The Hall–Kier alpha value is -4.12. The highest BCUT2D eigenvalue weighted by molar-refractivity contribution is 5.89. The van der Waals surface area contributed by atoms with Crippen molar-refractivity contribution in [2.75, 3.05) is 30.4 Å². The second-order valence-corrected chi connectivity index (χ2v) is 10.1. The van der Waals surface area contributed by atoms with E-state index < -0.39 is 11.4 Å². The first-order chi connectivity index (χ1) is 18.7. The number of methoxy groups -OCH3 is 1. The molecule has 3 aromatic rings. The second-order valence-electron chi connectivity index (χ2n) is 10.1. The monoisotopic (exact) mass is 534 g/mol. The molecule has 204 valence electrons. The van der Waals surface area contributed by atoms with Crippen LogP contribution < -0.4 is 26.4 Å². The maximum absolute atomic E-state index is 13.3. The summed E-state index contributed by atoms with van der Waals surface area (Å²) in [6, 6.07) is 7.59. The number of ether oxygens (including phenoxy) is 1. The van der Waals surface area contributed by atoms with Gasteiger partial charge < -0.3 is 20.3 Å². The molecule has 2 saturated heterocycles. The number of hydrogen-bond donors (Lipinski definition) is 4. The molecule has 3 atom stereocenters. The summed E-state index contributed by atoms with van der Waals surface area (Å²) in [4.78, 5) is 24.3. The third-order valence-corrected chi connectivity index (χ3v) is 7.13. The number of nitrogens with one attached hydrogen (secondary N) is 4. The van der Waals surface area contributed by atoms with Crippen molar-refractivity contribution in [3.8, 4) is 11.9 Å². The molecule has 0 aliphatic carbocycles. The molecule has 0 bridgehead atoms. The molecule has 5 heterocycles. The molecule has 1 amide bonds. The fourth-order valence-corrected chi connectivity index (χ4v) is 4.80. The molecule has 4 N–H and O–H groups in total. The van der Waals surface area contributed by atoms with Crippen molar-refractivity contribution >= 4 is 17.5 Å². The van der Waals surface area contributed by atoms with Gasteiger partial charge in [-0.2, -0.15) is 10.4 Å². The molecule has 13 heteroatoms. The van der Waals surface area contributed by atoms with Crippen molar-refractivity contribution in [1.29, 1.82) is 5.26 Å². The number of nitriles is 1. The predicted molar refractivity (Wildman–Crippen MR) is 141 cm³/mol. The minimum Gasteiger partial charge on any atom is -0.365 e. The van der Waals surface area contributed by atoms with Gasteiger partial charge in [0.1, 0.15) is 17.7 Å². The predicted octanol–water partition coefficient (Wildman–Crippen LogP) is 1.69. The van der Waals surface area contributed by atoms with Gasteiger partial charge in [-0.1, -0.05) is 6.07 Å². The van der Waals surface area contributed by atoms with Crippen molar-refractivity contribution in [2.24, 2.45) is 0 Å². The Morgan fingerprint density at radius 3 is 2.72 bits per heavy atom. The van der Waals surface area contributed by atoms with E-state index >= 15 is 0 Å². The number of halogens is 1. The van der Waals surface area contributed by atoms with E-state index in [1.165, 1.54) is 18.0 Å². The van der Waals surface area contributed by atoms with E-state index in [4.69, 9.17) is 9.72 Å². The lowest BCUT2D eigenvalue weighted by atomic mass is 9.91. The zero-order chi connectivity index (χ0) is 27.7. The average Bonchev–Trinajstić information content (AvgIpc) is 3.51. The van der Waals surface area contributed by atoms with Crippen LogP contribution in [0.15, 0.2) is 36.8 Å². The fourth-order valence-electron chi connectivity index (χ4n) is 4.80. The van der Waals surface area contributed by atoms with Crippen molar-refractivity contribution in [3.05, 3.63) is 59.3 Å². The quantitative estimate of drug-likeness (QED) is 0.337. The average molecular weight is 535 g/mol. The van der Waals surface area contributed by atoms with Gasteiger partial charge in [-0.15, -0.1) is 0 Å². The van der Waals surface area contributed by atoms with Crippen LogP contribution in [0.5, 0.6) is 0 Å². The Morgan fingerprint density at radius 1 is 1.33 bits per heavy atom. The Labute approximate surface area is 225 Å². The number of hydrazine groups is 1. The lowest BCUT2D eigenvalue weighted by Gasteiger charge is -2.48. The number of aromatic nitrogens is 4. The molecule has 39 heavy (non-hydrogen) atoms. The van der Waals surface area contributed by atoms with E-state index in [-0.39, 0.29) is 31.2 Å². The number of anilines is 2. The topological polar surface area (TPSA) is 145 Å². The Bertz CT molecular complexity index is 1400. The van der Waals surface area contributed by atoms with Crippen LogP contribution in [0.2, 0.25) is 0 Å². The van der Waals surface area contributed by atoms with Gasteiger partial charge in [0.15, 0.2) is 17.2 Å². The van der Waals surface area contributed by atoms with Crippen LogP contribution >= 0.6 is 0 Å². The molecule has 12 nitrogen and oxygen atoms in total. The normalized spacial score (nSPS) is 20.7. The van der Waals surface area contributed by atoms with Crippen molar-refractivity contribution < 1.29 is 13.9 Å². The molecular formula is C26H31FN10O2. The molecule has 2 aliphatic rings. The molecule has 0 radical (unpaired) electrons. The number of carbonyl (C=O) groups excluding carboxylic acids is 1. The first kappa shape index (κ1) is 26.5. The fraction of sp³-hybridized carbons (Fsp3) is 0.423. The molecule has 5 rings (SSSR count). The minimum atomic E-state index is -1.09. The first-order valence-corrected chi connectivity index (χ1v) is 12.7. The molecule has 3 aromatic heterocycles. The summed E-state index contributed by atoms with van der Waals surface area (Å²) in [5, 5.41) is 20.1. The van der Waals surface area contributed by atoms with E-state index in [9.17, 15) is 14.4 Å². The molecule has 2 unspecified atom stereocenters. The third-order valence-electron chi connectivity index (χ3n) is 7.13. The van der Waals surface area contributed by atoms with Gasteiger partial charge in [0.05, 0.1) is 43.3 Å². The molecule has 0 saturated carbocycles. The number of aryl methyl sites for hydroxylation is 1. The summed E-state index contributed by atoms with van der Waals surface area (Å²) in [6.45, 7) is 6.30. The van der Waals surface area contributed by atoms with Crippen LogP contribution in [0.25, 0.3) is 5.82 Å². The lowest BCUT2D eigenvalue weighted by molar-refractivity contribution is -0.147. The van der Waals surface area contributed by atoms with E-state index in [2.05, 4.69) is 44.6 Å². The molecule has 0 spiro atoms. The second kappa shape index (κ2) is 10.6. The number of carbonyl (C=O) groups is 1. The summed E-state index contributed by atoms with van der Waals surface area (Å²) >= 11 is 0. The summed E-state index contributed by atoms with van der Waals surface area (Å²) in [6.07, 6.45) is 4.86. The van der Waals surface area contributed by atoms with E-state index in [1.54, 1.807) is 18.3 Å². The molecule has 2 aliphatic heterocycles.